The molecule has 7 rings (SSSR count). The van der Waals surface area contributed by atoms with Crippen molar-refractivity contribution in [2.45, 2.75) is 69.1 Å². The predicted octanol–water partition coefficient (Wildman–Crippen LogP) is 5.22. The number of anilines is 3. The standard InChI is InChI=1S/C36H40BrN3O7Si/c1-22-34(48(2,3)45)31(18-32(42)38-15-7-10-26(38)20-41)47-36(22)27-17-24(37)13-14-28(27)39(35(36)44)19-23-8-6-9-25(16-23)40-29-11-4-5-12-30(29)46-21-33(40)43/h4-6,8-9,11-14,16-17,22,26,31,34,41,45H,7,10,15,18-21H2,1-3H3/t22-,26-,31+,34-,36+/m0/s1. The van der Waals surface area contributed by atoms with Crippen LogP contribution < -0.4 is 14.5 Å². The normalized spacial score (nSPS) is 26.7. The van der Waals surface area contributed by atoms with Crippen LogP contribution in [0.5, 0.6) is 5.75 Å². The fourth-order valence-electron chi connectivity index (χ4n) is 8.41. The number of carbonyl (C=O) groups excluding carboxylic acids is 3. The minimum atomic E-state index is -2.97. The maximum absolute atomic E-state index is 14.9. The number of halogens is 1. The third kappa shape index (κ3) is 5.38. The topological polar surface area (TPSA) is 120 Å². The Balaban J connectivity index is 1.23. The lowest BCUT2D eigenvalue weighted by atomic mass is 9.82. The van der Waals surface area contributed by atoms with Crippen LogP contribution in [-0.4, -0.2) is 72.7 Å². The smallest absolute Gasteiger partial charge is 0.269 e. The van der Waals surface area contributed by atoms with Gasteiger partial charge in [0, 0.05) is 33.7 Å². The number of para-hydroxylation sites is 2. The van der Waals surface area contributed by atoms with Crippen LogP contribution in [-0.2, 0) is 31.3 Å². The van der Waals surface area contributed by atoms with Gasteiger partial charge in [-0.1, -0.05) is 47.1 Å². The Hall–Kier alpha value is -3.55. The highest BCUT2D eigenvalue weighted by Crippen LogP contribution is 2.60. The van der Waals surface area contributed by atoms with Crippen molar-refractivity contribution in [2.75, 3.05) is 29.6 Å². The summed E-state index contributed by atoms with van der Waals surface area (Å²) < 4.78 is 13.3. The Morgan fingerprint density at radius 3 is 2.62 bits per heavy atom. The highest BCUT2D eigenvalue weighted by atomic mass is 79.9. The van der Waals surface area contributed by atoms with Gasteiger partial charge in [-0.2, -0.15) is 0 Å². The van der Waals surface area contributed by atoms with E-state index in [-0.39, 0.29) is 49.9 Å². The molecule has 0 saturated carbocycles. The summed E-state index contributed by atoms with van der Waals surface area (Å²) in [5.41, 5.74) is 1.76. The zero-order valence-corrected chi connectivity index (χ0v) is 29.9. The number of aliphatic hydroxyl groups excluding tert-OH is 1. The third-order valence-electron chi connectivity index (χ3n) is 10.4. The van der Waals surface area contributed by atoms with Gasteiger partial charge in [-0.25, -0.2) is 0 Å². The van der Waals surface area contributed by atoms with E-state index in [0.717, 1.165) is 22.9 Å². The first-order valence-electron chi connectivity index (χ1n) is 16.5. The molecule has 0 aliphatic carbocycles. The van der Waals surface area contributed by atoms with Crippen molar-refractivity contribution in [3.05, 3.63) is 82.3 Å². The number of amides is 3. The second-order valence-electron chi connectivity index (χ2n) is 13.8. The highest BCUT2D eigenvalue weighted by molar-refractivity contribution is 9.10. The van der Waals surface area contributed by atoms with Crippen LogP contribution in [0.2, 0.25) is 18.6 Å². The van der Waals surface area contributed by atoms with Crippen molar-refractivity contribution >= 4 is 59.0 Å². The summed E-state index contributed by atoms with van der Waals surface area (Å²) in [5.74, 6) is -0.355. The number of carbonyl (C=O) groups is 3. The van der Waals surface area contributed by atoms with Gasteiger partial charge >= 0.3 is 0 Å². The average Bonchev–Trinajstić information content (AvgIpc) is 3.71. The molecule has 2 N–H and O–H groups in total. The monoisotopic (exact) mass is 733 g/mol. The first-order chi connectivity index (χ1) is 22.9. The van der Waals surface area contributed by atoms with E-state index < -0.39 is 31.5 Å². The quantitative estimate of drug-likeness (QED) is 0.320. The lowest BCUT2D eigenvalue weighted by molar-refractivity contribution is -0.150. The van der Waals surface area contributed by atoms with Gasteiger partial charge in [-0.15, -0.1) is 0 Å². The fourth-order valence-corrected chi connectivity index (χ4v) is 11.3. The van der Waals surface area contributed by atoms with Crippen molar-refractivity contribution in [2.24, 2.45) is 5.92 Å². The zero-order valence-electron chi connectivity index (χ0n) is 27.3. The molecular weight excluding hydrogens is 694 g/mol. The maximum Gasteiger partial charge on any atom is 0.269 e. The number of hydrogen-bond donors (Lipinski definition) is 2. The van der Waals surface area contributed by atoms with Crippen LogP contribution in [0.1, 0.15) is 37.3 Å². The molecule has 0 aromatic heterocycles. The molecule has 4 heterocycles. The summed E-state index contributed by atoms with van der Waals surface area (Å²) in [6.07, 6.45) is 0.929. The van der Waals surface area contributed by atoms with Crippen LogP contribution in [0.15, 0.2) is 71.2 Å². The Labute approximate surface area is 289 Å². The van der Waals surface area contributed by atoms with E-state index in [0.29, 0.717) is 34.9 Å². The molecular formula is C36H40BrN3O7Si. The number of hydrogen-bond acceptors (Lipinski definition) is 7. The lowest BCUT2D eigenvalue weighted by Gasteiger charge is -2.33. The van der Waals surface area contributed by atoms with Crippen LogP contribution in [0.25, 0.3) is 0 Å². The molecule has 1 spiro atoms. The van der Waals surface area contributed by atoms with Gasteiger partial charge in [0.15, 0.2) is 20.5 Å². The SMILES string of the molecule is C[C@H]1[C@H]([Si](C)(C)O)[C@@H](CC(=O)N2CCC[C@H]2CO)O[C@]12C(=O)N(Cc1cccc(N3C(=O)COc4ccccc43)c1)c1ccc(Br)cc12. The van der Waals surface area contributed by atoms with Crippen LogP contribution in [0, 0.1) is 5.92 Å². The van der Waals surface area contributed by atoms with E-state index in [9.17, 15) is 24.3 Å². The third-order valence-corrected chi connectivity index (χ3v) is 13.4. The minimum absolute atomic E-state index is 0.0258. The molecule has 4 aliphatic heterocycles. The van der Waals surface area contributed by atoms with E-state index in [2.05, 4.69) is 15.9 Å². The number of nitrogens with zero attached hydrogens (tertiary/aromatic N) is 3. The van der Waals surface area contributed by atoms with Gasteiger partial charge in [-0.05, 0) is 74.0 Å². The van der Waals surface area contributed by atoms with E-state index in [4.69, 9.17) is 9.47 Å². The van der Waals surface area contributed by atoms with E-state index in [1.54, 1.807) is 14.7 Å². The molecule has 2 saturated heterocycles. The summed E-state index contributed by atoms with van der Waals surface area (Å²) in [6.45, 7) is 6.28. The molecule has 3 amide bonds. The van der Waals surface area contributed by atoms with Gasteiger partial charge in [0.1, 0.15) is 5.75 Å². The predicted molar refractivity (Wildman–Crippen MR) is 186 cm³/mol. The second kappa shape index (κ2) is 12.4. The lowest BCUT2D eigenvalue weighted by Crippen LogP contribution is -2.46. The van der Waals surface area contributed by atoms with Gasteiger partial charge in [-0.3, -0.25) is 19.3 Å². The molecule has 3 aromatic carbocycles. The number of likely N-dealkylation sites (tertiary alicyclic amines) is 1. The van der Waals surface area contributed by atoms with Gasteiger partial charge in [0.25, 0.3) is 11.8 Å². The number of ether oxygens (including phenoxy) is 2. The fraction of sp³-hybridized carbons (Fsp3) is 0.417. The Morgan fingerprint density at radius 1 is 1.06 bits per heavy atom. The van der Waals surface area contributed by atoms with Crippen LogP contribution in [0.4, 0.5) is 17.1 Å². The summed E-state index contributed by atoms with van der Waals surface area (Å²) >= 11 is 3.61. The summed E-state index contributed by atoms with van der Waals surface area (Å²) in [4.78, 5) is 58.3. The molecule has 0 bridgehead atoms. The molecule has 0 unspecified atom stereocenters. The molecule has 48 heavy (non-hydrogen) atoms. The van der Waals surface area contributed by atoms with Crippen molar-refractivity contribution < 1.29 is 33.8 Å². The first-order valence-corrected chi connectivity index (χ1v) is 20.3. The van der Waals surface area contributed by atoms with E-state index in [1.165, 1.54) is 0 Å². The minimum Gasteiger partial charge on any atom is -0.482 e. The van der Waals surface area contributed by atoms with E-state index >= 15 is 0 Å². The molecule has 2 fully saturated rings. The van der Waals surface area contributed by atoms with Gasteiger partial charge < -0.3 is 29.2 Å². The van der Waals surface area contributed by atoms with Gasteiger partial charge in [0.2, 0.25) is 5.91 Å². The number of aliphatic hydroxyl groups is 1. The summed E-state index contributed by atoms with van der Waals surface area (Å²) in [7, 11) is -2.97. The van der Waals surface area contributed by atoms with Crippen molar-refractivity contribution in [1.82, 2.24) is 4.90 Å². The summed E-state index contributed by atoms with van der Waals surface area (Å²) in [6, 6.07) is 20.5. The van der Waals surface area contributed by atoms with Crippen molar-refractivity contribution in [3.63, 3.8) is 0 Å². The molecule has 0 radical (unpaired) electrons. The average molecular weight is 735 g/mol. The number of fused-ring (bicyclic) bond motifs is 3. The Morgan fingerprint density at radius 2 is 1.85 bits per heavy atom. The first kappa shape index (κ1) is 33.0. The second-order valence-corrected chi connectivity index (χ2v) is 18.7. The van der Waals surface area contributed by atoms with Gasteiger partial charge in [0.05, 0.1) is 43.1 Å². The highest BCUT2D eigenvalue weighted by Gasteiger charge is 2.66. The molecule has 12 heteroatoms. The molecule has 10 nitrogen and oxygen atoms in total. The largest absolute Gasteiger partial charge is 0.482 e. The number of rotatable bonds is 7. The molecule has 252 valence electrons. The Kier molecular flexibility index (Phi) is 8.52. The van der Waals surface area contributed by atoms with Crippen molar-refractivity contribution in [3.8, 4) is 5.75 Å². The Bertz CT molecular complexity index is 1780. The maximum atomic E-state index is 14.9. The zero-order chi connectivity index (χ0) is 34.0. The van der Waals surface area contributed by atoms with Crippen LogP contribution in [0.3, 0.4) is 0 Å². The molecule has 4 aliphatic rings. The van der Waals surface area contributed by atoms with E-state index in [1.807, 2.05) is 86.7 Å². The van der Waals surface area contributed by atoms with Crippen LogP contribution >= 0.6 is 15.9 Å². The number of benzene rings is 3. The molecule has 3 aromatic rings. The molecule has 5 atom stereocenters. The van der Waals surface area contributed by atoms with Crippen molar-refractivity contribution in [1.29, 1.82) is 0 Å². The summed E-state index contributed by atoms with van der Waals surface area (Å²) in [5, 5.41) is 9.87.